The molecule has 3 unspecified atom stereocenters. The van der Waals surface area contributed by atoms with Gasteiger partial charge in [-0.05, 0) is 125 Å². The van der Waals surface area contributed by atoms with Gasteiger partial charge in [0.2, 0.25) is 0 Å². The fourth-order valence-electron chi connectivity index (χ4n) is 10.2. The molecule has 0 aromatic carbocycles. The van der Waals surface area contributed by atoms with Gasteiger partial charge in [-0.15, -0.1) is 0 Å². The molecule has 5 rings (SSSR count). The van der Waals surface area contributed by atoms with Crippen LogP contribution in [0.2, 0.25) is 0 Å². The zero-order valence-corrected chi connectivity index (χ0v) is 24.3. The third-order valence-corrected chi connectivity index (χ3v) is 12.5. The molecule has 5 fully saturated rings. The van der Waals surface area contributed by atoms with Crippen LogP contribution >= 0.6 is 0 Å². The summed E-state index contributed by atoms with van der Waals surface area (Å²) in [6.45, 7) is 12.2. The Morgan fingerprint density at radius 1 is 0.919 bits per heavy atom. The summed E-state index contributed by atoms with van der Waals surface area (Å²) in [6, 6.07) is 0. The van der Waals surface area contributed by atoms with E-state index in [2.05, 4.69) is 32.6 Å². The van der Waals surface area contributed by atoms with Gasteiger partial charge in [0.1, 0.15) is 6.61 Å². The van der Waals surface area contributed by atoms with E-state index in [0.29, 0.717) is 11.3 Å². The van der Waals surface area contributed by atoms with E-state index in [1.807, 2.05) is 0 Å². The molecule has 0 spiro atoms. The molecule has 9 atom stereocenters. The van der Waals surface area contributed by atoms with Crippen molar-refractivity contribution in [2.75, 3.05) is 33.4 Å². The van der Waals surface area contributed by atoms with Crippen LogP contribution in [-0.2, 0) is 19.1 Å². The standard InChI is InChI=1S/C32H53NO4/c1-21-10-14-31(3)24(18-21)6-7-25-26-8-9-28(32(26,4)15-11-27(25)31)29(34)20-37-30(35)23-12-16-33(17-13-23)19-22(2)36-5/h21-28H,6-20H2,1-5H3/t21-,22?,24?,25-,26-,27?,28+,31-,32-/m0/s1. The summed E-state index contributed by atoms with van der Waals surface area (Å²) in [5.41, 5.74) is 0.616. The zero-order chi connectivity index (χ0) is 26.4. The van der Waals surface area contributed by atoms with Crippen molar-refractivity contribution in [3.05, 3.63) is 0 Å². The van der Waals surface area contributed by atoms with Crippen molar-refractivity contribution in [2.45, 2.75) is 104 Å². The predicted molar refractivity (Wildman–Crippen MR) is 146 cm³/mol. The van der Waals surface area contributed by atoms with Crippen molar-refractivity contribution in [3.63, 3.8) is 0 Å². The maximum atomic E-state index is 13.5. The lowest BCUT2D eigenvalue weighted by atomic mass is 9.44. The first-order valence-corrected chi connectivity index (χ1v) is 15.6. The first kappa shape index (κ1) is 27.6. The Bertz CT molecular complexity index is 837. The molecule has 0 N–H and O–H groups in total. The lowest BCUT2D eigenvalue weighted by Gasteiger charge is -2.61. The summed E-state index contributed by atoms with van der Waals surface area (Å²) < 4.78 is 11.1. The van der Waals surface area contributed by atoms with E-state index in [-0.39, 0.29) is 41.7 Å². The smallest absolute Gasteiger partial charge is 0.309 e. The van der Waals surface area contributed by atoms with Crippen LogP contribution in [0.25, 0.3) is 0 Å². The molecular formula is C32H53NO4. The average molecular weight is 516 g/mol. The van der Waals surface area contributed by atoms with Crippen molar-refractivity contribution >= 4 is 11.8 Å². The molecule has 1 aliphatic heterocycles. The molecule has 0 amide bonds. The fourth-order valence-corrected chi connectivity index (χ4v) is 10.2. The van der Waals surface area contributed by atoms with Crippen LogP contribution in [0.1, 0.15) is 98.3 Å². The molecule has 1 saturated heterocycles. The number of Topliss-reactive ketones (excluding diaryl/α,β-unsaturated/α-hetero) is 1. The molecule has 37 heavy (non-hydrogen) atoms. The molecule has 5 aliphatic rings. The van der Waals surface area contributed by atoms with E-state index < -0.39 is 0 Å². The van der Waals surface area contributed by atoms with Gasteiger partial charge in [-0.25, -0.2) is 0 Å². The minimum atomic E-state index is -0.158. The molecule has 0 radical (unpaired) electrons. The molecule has 4 saturated carbocycles. The Morgan fingerprint density at radius 3 is 2.35 bits per heavy atom. The van der Waals surface area contributed by atoms with Crippen molar-refractivity contribution in [3.8, 4) is 0 Å². The summed E-state index contributed by atoms with van der Waals surface area (Å²) >= 11 is 0. The molecule has 0 aromatic heterocycles. The van der Waals surface area contributed by atoms with Crippen LogP contribution < -0.4 is 0 Å². The average Bonchev–Trinajstić information content (AvgIpc) is 3.25. The van der Waals surface area contributed by atoms with Crippen molar-refractivity contribution in [1.29, 1.82) is 0 Å². The second kappa shape index (κ2) is 10.9. The first-order valence-electron chi connectivity index (χ1n) is 15.6. The van der Waals surface area contributed by atoms with E-state index >= 15 is 0 Å². The van der Waals surface area contributed by atoms with Crippen LogP contribution in [0.3, 0.4) is 0 Å². The Morgan fingerprint density at radius 2 is 1.62 bits per heavy atom. The number of ketones is 1. The topological polar surface area (TPSA) is 55.8 Å². The SMILES string of the molecule is COC(C)CN1CCC(C(=O)OCC(=O)[C@H]2CC[C@H]3[C@@H]4CCC5C[C@@H](C)CC[C@]5(C)C4CC[C@]23C)CC1. The monoisotopic (exact) mass is 515 g/mol. The number of ether oxygens (including phenoxy) is 2. The molecule has 5 heteroatoms. The number of methoxy groups -OCH3 is 1. The van der Waals surface area contributed by atoms with Gasteiger partial charge in [0, 0.05) is 19.6 Å². The van der Waals surface area contributed by atoms with E-state index in [9.17, 15) is 9.59 Å². The largest absolute Gasteiger partial charge is 0.457 e. The number of rotatable bonds is 7. The third kappa shape index (κ3) is 5.17. The van der Waals surface area contributed by atoms with E-state index in [4.69, 9.17) is 9.47 Å². The number of hydrogen-bond donors (Lipinski definition) is 0. The highest BCUT2D eigenvalue weighted by Crippen LogP contribution is 2.67. The number of fused-ring (bicyclic) bond motifs is 5. The number of carbonyl (C=O) groups excluding carboxylic acids is 2. The molecule has 0 bridgehead atoms. The summed E-state index contributed by atoms with van der Waals surface area (Å²) in [5, 5.41) is 0. The predicted octanol–water partition coefficient (Wildman–Crippen LogP) is 6.14. The molecule has 5 nitrogen and oxygen atoms in total. The van der Waals surface area contributed by atoms with Gasteiger partial charge in [-0.2, -0.15) is 0 Å². The van der Waals surface area contributed by atoms with Crippen LogP contribution in [0.15, 0.2) is 0 Å². The molecule has 210 valence electrons. The van der Waals surface area contributed by atoms with Gasteiger partial charge in [0.25, 0.3) is 0 Å². The van der Waals surface area contributed by atoms with Crippen LogP contribution in [0.4, 0.5) is 0 Å². The van der Waals surface area contributed by atoms with E-state index in [0.717, 1.165) is 62.6 Å². The number of hydrogen-bond acceptors (Lipinski definition) is 5. The molecular weight excluding hydrogens is 462 g/mol. The maximum Gasteiger partial charge on any atom is 0.309 e. The normalized spacial score (nSPS) is 43.4. The summed E-state index contributed by atoms with van der Waals surface area (Å²) in [4.78, 5) is 28.7. The molecule has 4 aliphatic carbocycles. The maximum absolute atomic E-state index is 13.5. The minimum absolute atomic E-state index is 0.0154. The van der Waals surface area contributed by atoms with Gasteiger partial charge >= 0.3 is 5.97 Å². The minimum Gasteiger partial charge on any atom is -0.457 e. The molecule has 1 heterocycles. The Kier molecular flexibility index (Phi) is 8.14. The zero-order valence-electron chi connectivity index (χ0n) is 24.3. The third-order valence-electron chi connectivity index (χ3n) is 12.5. The summed E-state index contributed by atoms with van der Waals surface area (Å²) in [5.74, 6) is 4.15. The lowest BCUT2D eigenvalue weighted by Crippen LogP contribution is -2.53. The fraction of sp³-hybridized carbons (Fsp3) is 0.938. The van der Waals surface area contributed by atoms with Crippen molar-refractivity contribution in [1.82, 2.24) is 4.90 Å². The number of piperidine rings is 1. The van der Waals surface area contributed by atoms with Crippen LogP contribution in [0, 0.1) is 52.3 Å². The summed E-state index contributed by atoms with van der Waals surface area (Å²) in [7, 11) is 1.74. The molecule has 0 aromatic rings. The highest BCUT2D eigenvalue weighted by Gasteiger charge is 2.61. The highest BCUT2D eigenvalue weighted by molar-refractivity contribution is 5.85. The second-order valence-electron chi connectivity index (χ2n) is 14.4. The first-order chi connectivity index (χ1) is 17.7. The summed E-state index contributed by atoms with van der Waals surface area (Å²) in [6.07, 6.45) is 13.5. The Balaban J connectivity index is 1.14. The number of likely N-dealkylation sites (tertiary alicyclic amines) is 1. The second-order valence-corrected chi connectivity index (χ2v) is 14.4. The van der Waals surface area contributed by atoms with Gasteiger partial charge < -0.3 is 14.4 Å². The lowest BCUT2D eigenvalue weighted by molar-refractivity contribution is -0.157. The van der Waals surface area contributed by atoms with Gasteiger partial charge in [0.15, 0.2) is 5.78 Å². The Labute approximate surface area is 225 Å². The number of esters is 1. The van der Waals surface area contributed by atoms with Crippen LogP contribution in [-0.4, -0.2) is 56.1 Å². The van der Waals surface area contributed by atoms with Crippen LogP contribution in [0.5, 0.6) is 0 Å². The van der Waals surface area contributed by atoms with E-state index in [1.165, 1.54) is 51.4 Å². The van der Waals surface area contributed by atoms with Gasteiger partial charge in [-0.1, -0.05) is 27.2 Å². The Hall–Kier alpha value is -0.940. The van der Waals surface area contributed by atoms with Crippen molar-refractivity contribution in [2.24, 2.45) is 52.3 Å². The number of nitrogens with zero attached hydrogens (tertiary/aromatic N) is 1. The van der Waals surface area contributed by atoms with E-state index in [1.54, 1.807) is 7.11 Å². The van der Waals surface area contributed by atoms with Crippen molar-refractivity contribution < 1.29 is 19.1 Å². The quantitative estimate of drug-likeness (QED) is 0.381. The van der Waals surface area contributed by atoms with Gasteiger partial charge in [-0.3, -0.25) is 9.59 Å². The van der Waals surface area contributed by atoms with Gasteiger partial charge in [0.05, 0.1) is 12.0 Å². The highest BCUT2D eigenvalue weighted by atomic mass is 16.5. The number of carbonyl (C=O) groups is 2.